The van der Waals surface area contributed by atoms with Crippen LogP contribution in [0.15, 0.2) is 67.1 Å². The standard InChI is InChI=1S/C21H18N6/c1-2-4-14(5-3-1)6-7-17-11-18-20(22-13-23-21(18)26-17)25-16-8-9-19-15(10-16)12-24-27-19/h1-5,8-13H,6-7H2,(H,24,27)(H2,22,23,25,26). The number of aromatic nitrogens is 5. The van der Waals surface area contributed by atoms with Crippen LogP contribution in [-0.2, 0) is 12.8 Å². The summed E-state index contributed by atoms with van der Waals surface area (Å²) in [6.45, 7) is 0. The summed E-state index contributed by atoms with van der Waals surface area (Å²) in [4.78, 5) is 12.2. The van der Waals surface area contributed by atoms with Gasteiger partial charge in [0, 0.05) is 16.8 Å². The third-order valence-corrected chi connectivity index (χ3v) is 4.71. The molecule has 0 atom stereocenters. The van der Waals surface area contributed by atoms with Crippen LogP contribution in [0.25, 0.3) is 21.9 Å². The molecule has 2 aromatic carbocycles. The molecule has 0 amide bonds. The number of H-pyrrole nitrogens is 2. The second-order valence-corrected chi connectivity index (χ2v) is 6.56. The van der Waals surface area contributed by atoms with Gasteiger partial charge in [0.05, 0.1) is 17.1 Å². The maximum absolute atomic E-state index is 4.44. The van der Waals surface area contributed by atoms with Crippen molar-refractivity contribution in [1.29, 1.82) is 0 Å². The Balaban J connectivity index is 1.41. The molecule has 0 aliphatic carbocycles. The highest BCUT2D eigenvalue weighted by Crippen LogP contribution is 2.26. The Bertz CT molecular complexity index is 1210. The molecular formula is C21H18N6. The number of rotatable bonds is 5. The SMILES string of the molecule is c1ccc(CCc2cc3c(Nc4ccc5[nH]ncc5c4)ncnc3[nH]2)cc1. The van der Waals surface area contributed by atoms with Crippen molar-refractivity contribution in [3.8, 4) is 0 Å². The molecule has 0 saturated heterocycles. The molecule has 0 unspecified atom stereocenters. The summed E-state index contributed by atoms with van der Waals surface area (Å²) in [5.41, 5.74) is 5.31. The number of nitrogens with one attached hydrogen (secondary N) is 3. The van der Waals surface area contributed by atoms with Gasteiger partial charge in [0.25, 0.3) is 0 Å². The van der Waals surface area contributed by atoms with E-state index in [-0.39, 0.29) is 0 Å². The van der Waals surface area contributed by atoms with Gasteiger partial charge in [-0.2, -0.15) is 5.10 Å². The van der Waals surface area contributed by atoms with Crippen LogP contribution in [0.3, 0.4) is 0 Å². The Morgan fingerprint density at radius 3 is 2.78 bits per heavy atom. The molecule has 0 spiro atoms. The molecule has 0 aliphatic rings. The van der Waals surface area contributed by atoms with E-state index in [4.69, 9.17) is 0 Å². The molecule has 5 aromatic rings. The van der Waals surface area contributed by atoms with Gasteiger partial charge in [-0.25, -0.2) is 9.97 Å². The lowest BCUT2D eigenvalue weighted by atomic mass is 10.1. The number of fused-ring (bicyclic) bond motifs is 2. The van der Waals surface area contributed by atoms with Crippen LogP contribution in [-0.4, -0.2) is 25.1 Å². The monoisotopic (exact) mass is 354 g/mol. The van der Waals surface area contributed by atoms with Crippen molar-refractivity contribution in [3.63, 3.8) is 0 Å². The van der Waals surface area contributed by atoms with Gasteiger partial charge in [-0.15, -0.1) is 0 Å². The van der Waals surface area contributed by atoms with Gasteiger partial charge < -0.3 is 10.3 Å². The Morgan fingerprint density at radius 1 is 0.926 bits per heavy atom. The van der Waals surface area contributed by atoms with Gasteiger partial charge in [0.2, 0.25) is 0 Å². The zero-order valence-electron chi connectivity index (χ0n) is 14.6. The fourth-order valence-corrected chi connectivity index (χ4v) is 3.31. The third-order valence-electron chi connectivity index (χ3n) is 4.71. The first-order valence-electron chi connectivity index (χ1n) is 8.92. The predicted octanol–water partition coefficient (Wildman–Crippen LogP) is 4.36. The van der Waals surface area contributed by atoms with Crippen LogP contribution < -0.4 is 5.32 Å². The minimum atomic E-state index is 0.796. The summed E-state index contributed by atoms with van der Waals surface area (Å²) in [6.07, 6.45) is 5.31. The van der Waals surface area contributed by atoms with Crippen LogP contribution in [0.5, 0.6) is 0 Å². The molecule has 5 rings (SSSR count). The number of anilines is 2. The maximum Gasteiger partial charge on any atom is 0.143 e. The summed E-state index contributed by atoms with van der Waals surface area (Å²) < 4.78 is 0. The minimum absolute atomic E-state index is 0.796. The van der Waals surface area contributed by atoms with E-state index in [1.165, 1.54) is 5.56 Å². The van der Waals surface area contributed by atoms with Crippen molar-refractivity contribution in [2.75, 3.05) is 5.32 Å². The Labute approximate surface area is 155 Å². The van der Waals surface area contributed by atoms with Crippen LogP contribution in [0.4, 0.5) is 11.5 Å². The molecule has 6 heteroatoms. The van der Waals surface area contributed by atoms with E-state index in [0.717, 1.165) is 52.0 Å². The van der Waals surface area contributed by atoms with Gasteiger partial charge in [0.15, 0.2) is 0 Å². The largest absolute Gasteiger partial charge is 0.343 e. The van der Waals surface area contributed by atoms with Crippen molar-refractivity contribution in [2.24, 2.45) is 0 Å². The maximum atomic E-state index is 4.44. The first-order chi connectivity index (χ1) is 13.3. The Kier molecular flexibility index (Phi) is 3.79. The first kappa shape index (κ1) is 15.6. The average molecular weight is 354 g/mol. The normalized spacial score (nSPS) is 11.3. The van der Waals surface area contributed by atoms with Gasteiger partial charge in [-0.1, -0.05) is 30.3 Å². The molecule has 0 radical (unpaired) electrons. The number of hydrogen-bond donors (Lipinski definition) is 3. The molecule has 6 nitrogen and oxygen atoms in total. The minimum Gasteiger partial charge on any atom is -0.343 e. The Morgan fingerprint density at radius 2 is 1.85 bits per heavy atom. The molecule has 0 fully saturated rings. The first-order valence-corrected chi connectivity index (χ1v) is 8.92. The number of aromatic amines is 2. The second kappa shape index (κ2) is 6.57. The molecule has 0 saturated carbocycles. The van der Waals surface area contributed by atoms with Crippen molar-refractivity contribution in [3.05, 3.63) is 78.4 Å². The molecule has 3 aromatic heterocycles. The van der Waals surface area contributed by atoms with Crippen molar-refractivity contribution in [1.82, 2.24) is 25.1 Å². The average Bonchev–Trinajstić information content (AvgIpc) is 3.34. The van der Waals surface area contributed by atoms with E-state index in [0.29, 0.717) is 0 Å². The predicted molar refractivity (Wildman–Crippen MR) is 107 cm³/mol. The number of hydrogen-bond acceptors (Lipinski definition) is 4. The van der Waals surface area contributed by atoms with E-state index in [2.05, 4.69) is 66.9 Å². The Hall–Kier alpha value is -3.67. The van der Waals surface area contributed by atoms with Crippen molar-refractivity contribution < 1.29 is 0 Å². The van der Waals surface area contributed by atoms with Crippen molar-refractivity contribution >= 4 is 33.4 Å². The molecule has 132 valence electrons. The highest BCUT2D eigenvalue weighted by Gasteiger charge is 2.09. The lowest BCUT2D eigenvalue weighted by Crippen LogP contribution is -1.94. The summed E-state index contributed by atoms with van der Waals surface area (Å²) in [6, 6.07) is 18.7. The molecule has 27 heavy (non-hydrogen) atoms. The van der Waals surface area contributed by atoms with E-state index in [9.17, 15) is 0 Å². The summed E-state index contributed by atoms with van der Waals surface area (Å²) in [5.74, 6) is 0.796. The van der Waals surface area contributed by atoms with Crippen LogP contribution in [0, 0.1) is 0 Å². The number of aryl methyl sites for hydroxylation is 2. The summed E-state index contributed by atoms with van der Waals surface area (Å²) in [7, 11) is 0. The quantitative estimate of drug-likeness (QED) is 0.438. The van der Waals surface area contributed by atoms with Gasteiger partial charge in [0.1, 0.15) is 17.8 Å². The molecule has 3 N–H and O–H groups in total. The molecule has 3 heterocycles. The number of nitrogens with zero attached hydrogens (tertiary/aromatic N) is 3. The number of benzene rings is 2. The zero-order chi connectivity index (χ0) is 18.1. The van der Waals surface area contributed by atoms with E-state index in [1.54, 1.807) is 6.33 Å². The lowest BCUT2D eigenvalue weighted by molar-refractivity contribution is 0.928. The van der Waals surface area contributed by atoms with Gasteiger partial charge in [-0.3, -0.25) is 5.10 Å². The van der Waals surface area contributed by atoms with Crippen LogP contribution in [0.1, 0.15) is 11.3 Å². The molecule has 0 aliphatic heterocycles. The smallest absolute Gasteiger partial charge is 0.143 e. The molecule has 0 bridgehead atoms. The summed E-state index contributed by atoms with van der Waals surface area (Å²) >= 11 is 0. The van der Waals surface area contributed by atoms with Gasteiger partial charge in [-0.05, 0) is 42.7 Å². The van der Waals surface area contributed by atoms with Crippen molar-refractivity contribution in [2.45, 2.75) is 12.8 Å². The zero-order valence-corrected chi connectivity index (χ0v) is 14.6. The van der Waals surface area contributed by atoms with Crippen LogP contribution in [0.2, 0.25) is 0 Å². The highest BCUT2D eigenvalue weighted by atomic mass is 15.1. The molecular weight excluding hydrogens is 336 g/mol. The highest BCUT2D eigenvalue weighted by molar-refractivity contribution is 5.91. The lowest BCUT2D eigenvalue weighted by Gasteiger charge is -2.06. The summed E-state index contributed by atoms with van der Waals surface area (Å²) in [5, 5.41) is 12.5. The second-order valence-electron chi connectivity index (χ2n) is 6.56. The fourth-order valence-electron chi connectivity index (χ4n) is 3.31. The van der Waals surface area contributed by atoms with E-state index < -0.39 is 0 Å². The van der Waals surface area contributed by atoms with Gasteiger partial charge >= 0.3 is 0 Å². The van der Waals surface area contributed by atoms with E-state index >= 15 is 0 Å². The third kappa shape index (κ3) is 3.13. The van der Waals surface area contributed by atoms with E-state index in [1.807, 2.05) is 24.4 Å². The topological polar surface area (TPSA) is 82.3 Å². The van der Waals surface area contributed by atoms with Crippen LogP contribution >= 0.6 is 0 Å². The fraction of sp³-hybridized carbons (Fsp3) is 0.0952.